The molecular weight excluding hydrogens is 182 g/mol. The molecular formula is C10H21NO3. The predicted molar refractivity (Wildman–Crippen MR) is 54.9 cm³/mol. The molecule has 0 spiro atoms. The van der Waals surface area contributed by atoms with E-state index in [-0.39, 0.29) is 5.97 Å². The Balaban J connectivity index is 4.08. The lowest BCUT2D eigenvalue weighted by Gasteiger charge is -2.20. The number of hydrogen-bond donors (Lipinski definition) is 2. The Morgan fingerprint density at radius 1 is 1.43 bits per heavy atom. The van der Waals surface area contributed by atoms with Crippen molar-refractivity contribution in [1.29, 1.82) is 0 Å². The van der Waals surface area contributed by atoms with Crippen LogP contribution in [0.15, 0.2) is 0 Å². The lowest BCUT2D eigenvalue weighted by atomic mass is 10.1. The average molecular weight is 203 g/mol. The zero-order valence-electron chi connectivity index (χ0n) is 9.41. The Bertz CT molecular complexity index is 169. The van der Waals surface area contributed by atoms with Gasteiger partial charge in [-0.15, -0.1) is 0 Å². The maximum Gasteiger partial charge on any atom is 0.325 e. The minimum atomic E-state index is -0.729. The van der Waals surface area contributed by atoms with E-state index in [1.165, 1.54) is 0 Å². The predicted octanol–water partition coefficient (Wildman–Crippen LogP) is 0.544. The normalized spacial score (nSPS) is 15.3. The van der Waals surface area contributed by atoms with Gasteiger partial charge in [-0.25, -0.2) is 0 Å². The topological polar surface area (TPSA) is 58.6 Å². The van der Waals surface area contributed by atoms with Crippen LogP contribution < -0.4 is 5.32 Å². The van der Waals surface area contributed by atoms with E-state index in [1.807, 2.05) is 13.8 Å². The highest BCUT2D eigenvalue weighted by atomic mass is 16.5. The first-order chi connectivity index (χ1) is 6.49. The van der Waals surface area contributed by atoms with Crippen molar-refractivity contribution in [3.8, 4) is 0 Å². The molecule has 0 radical (unpaired) electrons. The number of ether oxygens (including phenoxy) is 1. The Hall–Kier alpha value is -0.610. The zero-order chi connectivity index (χ0) is 11.1. The SMILES string of the molecule is CCOC(=O)[C@@H](NCC(C)C)[C@@H](C)O. The van der Waals surface area contributed by atoms with Crippen molar-refractivity contribution < 1.29 is 14.6 Å². The number of carbonyl (C=O) groups is 1. The van der Waals surface area contributed by atoms with Crippen molar-refractivity contribution in [1.82, 2.24) is 5.32 Å². The van der Waals surface area contributed by atoms with Crippen LogP contribution in [-0.2, 0) is 9.53 Å². The standard InChI is InChI=1S/C10H21NO3/c1-5-14-10(13)9(8(4)12)11-6-7(2)3/h7-9,11-12H,5-6H2,1-4H3/t8-,9+/m1/s1. The number of aliphatic hydroxyl groups excluding tert-OH is 1. The van der Waals surface area contributed by atoms with Crippen LogP contribution in [-0.4, -0.2) is 36.4 Å². The van der Waals surface area contributed by atoms with Crippen LogP contribution in [0.2, 0.25) is 0 Å². The maximum absolute atomic E-state index is 11.4. The summed E-state index contributed by atoms with van der Waals surface area (Å²) in [7, 11) is 0. The largest absolute Gasteiger partial charge is 0.465 e. The second kappa shape index (κ2) is 6.79. The van der Waals surface area contributed by atoms with E-state index in [0.29, 0.717) is 19.1 Å². The van der Waals surface area contributed by atoms with Crippen LogP contribution in [0.3, 0.4) is 0 Å². The third kappa shape index (κ3) is 5.19. The second-order valence-corrected chi connectivity index (χ2v) is 3.77. The van der Waals surface area contributed by atoms with Gasteiger partial charge < -0.3 is 15.2 Å². The summed E-state index contributed by atoms with van der Waals surface area (Å²) in [6.45, 7) is 8.43. The quantitative estimate of drug-likeness (QED) is 0.619. The molecule has 4 nitrogen and oxygen atoms in total. The molecule has 0 heterocycles. The number of rotatable bonds is 6. The van der Waals surface area contributed by atoms with Gasteiger partial charge in [0, 0.05) is 0 Å². The van der Waals surface area contributed by atoms with Crippen molar-refractivity contribution in [2.45, 2.75) is 39.8 Å². The molecule has 0 saturated heterocycles. The molecule has 0 amide bonds. The van der Waals surface area contributed by atoms with Gasteiger partial charge >= 0.3 is 5.97 Å². The number of aliphatic hydroxyl groups is 1. The highest BCUT2D eigenvalue weighted by Gasteiger charge is 2.24. The number of nitrogens with one attached hydrogen (secondary N) is 1. The van der Waals surface area contributed by atoms with Crippen molar-refractivity contribution in [3.05, 3.63) is 0 Å². The van der Waals surface area contributed by atoms with Gasteiger partial charge in [0.1, 0.15) is 6.04 Å². The fourth-order valence-electron chi connectivity index (χ4n) is 1.05. The molecule has 0 bridgehead atoms. The van der Waals surface area contributed by atoms with Gasteiger partial charge in [-0.05, 0) is 26.3 Å². The summed E-state index contributed by atoms with van der Waals surface area (Å²) >= 11 is 0. The number of esters is 1. The molecule has 2 N–H and O–H groups in total. The molecule has 0 fully saturated rings. The summed E-state index contributed by atoms with van der Waals surface area (Å²) in [5.41, 5.74) is 0. The highest BCUT2D eigenvalue weighted by Crippen LogP contribution is 1.98. The van der Waals surface area contributed by atoms with E-state index < -0.39 is 12.1 Å². The Morgan fingerprint density at radius 2 is 2.00 bits per heavy atom. The molecule has 84 valence electrons. The molecule has 2 atom stereocenters. The van der Waals surface area contributed by atoms with Crippen LogP contribution in [0, 0.1) is 5.92 Å². The van der Waals surface area contributed by atoms with Crippen LogP contribution in [0.25, 0.3) is 0 Å². The summed E-state index contributed by atoms with van der Waals surface area (Å²) < 4.78 is 4.84. The molecule has 0 aromatic heterocycles. The van der Waals surface area contributed by atoms with E-state index in [0.717, 1.165) is 0 Å². The van der Waals surface area contributed by atoms with E-state index in [9.17, 15) is 9.90 Å². The molecule has 14 heavy (non-hydrogen) atoms. The van der Waals surface area contributed by atoms with Gasteiger partial charge in [-0.1, -0.05) is 13.8 Å². The van der Waals surface area contributed by atoms with Crippen LogP contribution in [0.4, 0.5) is 0 Å². The van der Waals surface area contributed by atoms with Gasteiger partial charge in [-0.3, -0.25) is 4.79 Å². The lowest BCUT2D eigenvalue weighted by Crippen LogP contribution is -2.47. The average Bonchev–Trinajstić information content (AvgIpc) is 2.03. The monoisotopic (exact) mass is 203 g/mol. The van der Waals surface area contributed by atoms with Gasteiger partial charge in [0.25, 0.3) is 0 Å². The summed E-state index contributed by atoms with van der Waals surface area (Å²) in [6, 6.07) is -0.614. The zero-order valence-corrected chi connectivity index (χ0v) is 9.41. The Kier molecular flexibility index (Phi) is 6.49. The Labute approximate surface area is 85.6 Å². The lowest BCUT2D eigenvalue weighted by molar-refractivity contribution is -0.148. The fourth-order valence-corrected chi connectivity index (χ4v) is 1.05. The first-order valence-corrected chi connectivity index (χ1v) is 5.07. The van der Waals surface area contributed by atoms with E-state index in [1.54, 1.807) is 13.8 Å². The first kappa shape index (κ1) is 13.4. The second-order valence-electron chi connectivity index (χ2n) is 3.77. The van der Waals surface area contributed by atoms with Crippen LogP contribution in [0.5, 0.6) is 0 Å². The van der Waals surface area contributed by atoms with E-state index in [2.05, 4.69) is 5.32 Å². The molecule has 0 rings (SSSR count). The first-order valence-electron chi connectivity index (χ1n) is 5.07. The summed E-state index contributed by atoms with van der Waals surface area (Å²) in [5.74, 6) is 0.0498. The molecule has 0 aromatic carbocycles. The number of carbonyl (C=O) groups excluding carboxylic acids is 1. The molecule has 0 aliphatic heterocycles. The molecule has 0 aromatic rings. The minimum absolute atomic E-state index is 0.339. The summed E-state index contributed by atoms with van der Waals surface area (Å²) in [5, 5.41) is 12.3. The minimum Gasteiger partial charge on any atom is -0.465 e. The van der Waals surface area contributed by atoms with Crippen LogP contribution >= 0.6 is 0 Å². The maximum atomic E-state index is 11.4. The fraction of sp³-hybridized carbons (Fsp3) is 0.900. The molecule has 0 aliphatic carbocycles. The van der Waals surface area contributed by atoms with Crippen LogP contribution in [0.1, 0.15) is 27.7 Å². The summed E-state index contributed by atoms with van der Waals surface area (Å²) in [6.07, 6.45) is -0.729. The van der Waals surface area contributed by atoms with E-state index in [4.69, 9.17) is 4.74 Å². The van der Waals surface area contributed by atoms with Crippen molar-refractivity contribution >= 4 is 5.97 Å². The molecule has 0 unspecified atom stereocenters. The van der Waals surface area contributed by atoms with E-state index >= 15 is 0 Å². The van der Waals surface area contributed by atoms with Gasteiger partial charge in [0.2, 0.25) is 0 Å². The molecule has 0 saturated carbocycles. The Morgan fingerprint density at radius 3 is 2.36 bits per heavy atom. The third-order valence-corrected chi connectivity index (χ3v) is 1.77. The number of hydrogen-bond acceptors (Lipinski definition) is 4. The highest BCUT2D eigenvalue weighted by molar-refractivity contribution is 5.76. The van der Waals surface area contributed by atoms with Gasteiger partial charge in [0.05, 0.1) is 12.7 Å². The third-order valence-electron chi connectivity index (χ3n) is 1.77. The smallest absolute Gasteiger partial charge is 0.325 e. The molecule has 0 aliphatic rings. The van der Waals surface area contributed by atoms with Gasteiger partial charge in [0.15, 0.2) is 0 Å². The van der Waals surface area contributed by atoms with Crippen molar-refractivity contribution in [2.75, 3.05) is 13.2 Å². The van der Waals surface area contributed by atoms with Crippen molar-refractivity contribution in [2.24, 2.45) is 5.92 Å². The molecule has 4 heteroatoms. The van der Waals surface area contributed by atoms with Gasteiger partial charge in [-0.2, -0.15) is 0 Å². The van der Waals surface area contributed by atoms with Crippen molar-refractivity contribution in [3.63, 3.8) is 0 Å². The summed E-state index contributed by atoms with van der Waals surface area (Å²) in [4.78, 5) is 11.4.